The van der Waals surface area contributed by atoms with Gasteiger partial charge >= 0.3 is 0 Å². The number of hydrogen-bond donors (Lipinski definition) is 2. The average Bonchev–Trinajstić information content (AvgIpc) is 2.44. The molecule has 0 spiro atoms. The molecule has 0 aromatic heterocycles. The van der Waals surface area contributed by atoms with E-state index < -0.39 is 10.0 Å². The van der Waals surface area contributed by atoms with Crippen LogP contribution < -0.4 is 14.8 Å². The van der Waals surface area contributed by atoms with E-state index in [0.29, 0.717) is 13.2 Å². The van der Waals surface area contributed by atoms with E-state index in [1.807, 2.05) is 31.2 Å². The number of ether oxygens (including phenoxy) is 1. The molecule has 2 rings (SSSR count). The third-order valence-corrected chi connectivity index (χ3v) is 5.00. The van der Waals surface area contributed by atoms with Gasteiger partial charge in [0, 0.05) is 12.6 Å². The third kappa shape index (κ3) is 6.03. The Morgan fingerprint density at radius 1 is 1.38 bits per heavy atom. The molecule has 0 amide bonds. The molecule has 1 aromatic rings. The molecule has 1 saturated heterocycles. The molecule has 2 N–H and O–H groups in total. The number of nitrogens with one attached hydrogen (secondary N) is 2. The van der Waals surface area contributed by atoms with Crippen LogP contribution in [0.3, 0.4) is 0 Å². The van der Waals surface area contributed by atoms with Crippen molar-refractivity contribution < 1.29 is 13.2 Å². The molecule has 1 aliphatic heterocycles. The Hall–Kier alpha value is -1.11. The highest BCUT2D eigenvalue weighted by molar-refractivity contribution is 7.89. The molecule has 1 unspecified atom stereocenters. The quantitative estimate of drug-likeness (QED) is 0.748. The van der Waals surface area contributed by atoms with E-state index in [9.17, 15) is 8.42 Å². The second-order valence-electron chi connectivity index (χ2n) is 5.49. The molecule has 5 nitrogen and oxygen atoms in total. The van der Waals surface area contributed by atoms with Gasteiger partial charge in [0.15, 0.2) is 0 Å². The zero-order chi connectivity index (χ0) is 15.1. The molecule has 1 aromatic carbocycles. The maximum Gasteiger partial charge on any atom is 0.213 e. The van der Waals surface area contributed by atoms with E-state index in [0.717, 1.165) is 37.1 Å². The minimum atomic E-state index is -3.24. The topological polar surface area (TPSA) is 67.4 Å². The molecule has 0 bridgehead atoms. The Bertz CT molecular complexity index is 540. The van der Waals surface area contributed by atoms with Crippen molar-refractivity contribution in [3.05, 3.63) is 29.8 Å². The van der Waals surface area contributed by atoms with Gasteiger partial charge in [0.05, 0.1) is 5.75 Å². The summed E-state index contributed by atoms with van der Waals surface area (Å²) in [7, 11) is -3.24. The fraction of sp³-hybridized carbons (Fsp3) is 0.600. The van der Waals surface area contributed by atoms with Crippen LogP contribution in [0.1, 0.15) is 24.8 Å². The molecule has 6 heteroatoms. The summed E-state index contributed by atoms with van der Waals surface area (Å²) in [5.41, 5.74) is 1.12. The first-order chi connectivity index (χ1) is 10.1. The number of sulfonamides is 1. The SMILES string of the molecule is Cc1cccc(OCCNS(=O)(=O)CC2CCCCN2)c1. The Morgan fingerprint density at radius 2 is 2.24 bits per heavy atom. The zero-order valence-electron chi connectivity index (χ0n) is 12.5. The van der Waals surface area contributed by atoms with Crippen molar-refractivity contribution in [2.45, 2.75) is 32.2 Å². The van der Waals surface area contributed by atoms with Crippen LogP contribution in [0.2, 0.25) is 0 Å². The first kappa shape index (κ1) is 16.3. The van der Waals surface area contributed by atoms with Gasteiger partial charge in [-0.2, -0.15) is 0 Å². The van der Waals surface area contributed by atoms with Crippen molar-refractivity contribution in [3.63, 3.8) is 0 Å². The van der Waals surface area contributed by atoms with Crippen molar-refractivity contribution in [3.8, 4) is 5.75 Å². The summed E-state index contributed by atoms with van der Waals surface area (Å²) in [6.07, 6.45) is 3.17. The molecule has 21 heavy (non-hydrogen) atoms. The van der Waals surface area contributed by atoms with E-state index in [1.54, 1.807) is 0 Å². The lowest BCUT2D eigenvalue weighted by Crippen LogP contribution is -2.43. The molecular weight excluding hydrogens is 288 g/mol. The van der Waals surface area contributed by atoms with Gasteiger partial charge in [-0.3, -0.25) is 0 Å². The third-order valence-electron chi connectivity index (χ3n) is 3.52. The lowest BCUT2D eigenvalue weighted by atomic mass is 10.1. The van der Waals surface area contributed by atoms with Crippen LogP contribution in [0.25, 0.3) is 0 Å². The Balaban J connectivity index is 1.69. The number of aryl methyl sites for hydroxylation is 1. The van der Waals surface area contributed by atoms with Gasteiger partial charge in [0.2, 0.25) is 10.0 Å². The van der Waals surface area contributed by atoms with Crippen molar-refractivity contribution in [2.24, 2.45) is 0 Å². The highest BCUT2D eigenvalue weighted by atomic mass is 32.2. The molecule has 1 aliphatic rings. The molecule has 1 atom stereocenters. The Kier molecular flexibility index (Phi) is 6.02. The molecule has 0 aliphatic carbocycles. The maximum absolute atomic E-state index is 12.0. The van der Waals surface area contributed by atoms with Crippen LogP contribution in [0.15, 0.2) is 24.3 Å². The lowest BCUT2D eigenvalue weighted by Gasteiger charge is -2.23. The van der Waals surface area contributed by atoms with Crippen LogP contribution >= 0.6 is 0 Å². The summed E-state index contributed by atoms with van der Waals surface area (Å²) in [6.45, 7) is 3.53. The van der Waals surface area contributed by atoms with E-state index in [1.165, 1.54) is 0 Å². The minimum absolute atomic E-state index is 0.0777. The van der Waals surface area contributed by atoms with Gasteiger partial charge in [0.25, 0.3) is 0 Å². The highest BCUT2D eigenvalue weighted by Gasteiger charge is 2.20. The smallest absolute Gasteiger partial charge is 0.213 e. The first-order valence-corrected chi connectivity index (χ1v) is 9.10. The molecule has 118 valence electrons. The second kappa shape index (κ2) is 7.77. The average molecular weight is 312 g/mol. The maximum atomic E-state index is 12.0. The predicted molar refractivity (Wildman–Crippen MR) is 84.1 cm³/mol. The normalized spacial score (nSPS) is 19.4. The first-order valence-electron chi connectivity index (χ1n) is 7.45. The van der Waals surface area contributed by atoms with Gasteiger partial charge in [-0.15, -0.1) is 0 Å². The van der Waals surface area contributed by atoms with Crippen LogP contribution in [-0.2, 0) is 10.0 Å². The van der Waals surface area contributed by atoms with Gasteiger partial charge in [-0.1, -0.05) is 18.6 Å². The summed E-state index contributed by atoms with van der Waals surface area (Å²) in [5.74, 6) is 0.917. The largest absolute Gasteiger partial charge is 0.492 e. The molecule has 0 radical (unpaired) electrons. The molecule has 1 heterocycles. The summed E-state index contributed by atoms with van der Waals surface area (Å²) >= 11 is 0. The van der Waals surface area contributed by atoms with Crippen molar-refractivity contribution in [2.75, 3.05) is 25.4 Å². The number of hydrogen-bond acceptors (Lipinski definition) is 4. The summed E-state index contributed by atoms with van der Waals surface area (Å²) in [5, 5.41) is 3.25. The second-order valence-corrected chi connectivity index (χ2v) is 7.34. The van der Waals surface area contributed by atoms with Gasteiger partial charge in [-0.25, -0.2) is 13.1 Å². The number of rotatable bonds is 7. The van der Waals surface area contributed by atoms with Crippen LogP contribution in [0.4, 0.5) is 0 Å². The van der Waals surface area contributed by atoms with Gasteiger partial charge in [-0.05, 0) is 44.0 Å². The Labute approximate surface area is 127 Å². The summed E-state index contributed by atoms with van der Waals surface area (Å²) in [4.78, 5) is 0. The van der Waals surface area contributed by atoms with Gasteiger partial charge < -0.3 is 10.1 Å². The summed E-state index contributed by atoms with van der Waals surface area (Å²) < 4.78 is 32.0. The Morgan fingerprint density at radius 3 is 2.95 bits per heavy atom. The standard InChI is InChI=1S/C15H24N2O3S/c1-13-5-4-7-15(11-13)20-10-9-17-21(18,19)12-14-6-2-3-8-16-14/h4-5,7,11,14,16-17H,2-3,6,8-10,12H2,1H3. The van der Waals surface area contributed by atoms with E-state index in [-0.39, 0.29) is 11.8 Å². The number of benzene rings is 1. The molecule has 0 saturated carbocycles. The van der Waals surface area contributed by atoms with Crippen LogP contribution in [0.5, 0.6) is 5.75 Å². The zero-order valence-corrected chi connectivity index (χ0v) is 13.3. The van der Waals surface area contributed by atoms with E-state index in [4.69, 9.17) is 4.74 Å². The van der Waals surface area contributed by atoms with Crippen molar-refractivity contribution >= 4 is 10.0 Å². The summed E-state index contributed by atoms with van der Waals surface area (Å²) in [6, 6.07) is 7.79. The molecular formula is C15H24N2O3S. The molecule has 1 fully saturated rings. The minimum Gasteiger partial charge on any atom is -0.492 e. The lowest BCUT2D eigenvalue weighted by molar-refractivity contribution is 0.322. The fourth-order valence-electron chi connectivity index (χ4n) is 2.46. The van der Waals surface area contributed by atoms with Crippen LogP contribution in [0, 0.1) is 6.92 Å². The monoisotopic (exact) mass is 312 g/mol. The van der Waals surface area contributed by atoms with E-state index >= 15 is 0 Å². The van der Waals surface area contributed by atoms with Crippen molar-refractivity contribution in [1.29, 1.82) is 0 Å². The number of piperidine rings is 1. The van der Waals surface area contributed by atoms with Crippen molar-refractivity contribution in [1.82, 2.24) is 10.0 Å². The predicted octanol–water partition coefficient (Wildman–Crippen LogP) is 1.44. The van der Waals surface area contributed by atoms with Crippen LogP contribution in [-0.4, -0.2) is 39.9 Å². The van der Waals surface area contributed by atoms with Gasteiger partial charge in [0.1, 0.15) is 12.4 Å². The fourth-order valence-corrected chi connectivity index (χ4v) is 3.79. The highest BCUT2D eigenvalue weighted by Crippen LogP contribution is 2.12. The van der Waals surface area contributed by atoms with E-state index in [2.05, 4.69) is 10.0 Å².